The molecule has 0 aliphatic rings. The molecular weight excluding hydrogens is 390 g/mol. The molecule has 0 radical (unpaired) electrons. The molecule has 0 spiro atoms. The predicted molar refractivity (Wildman–Crippen MR) is 119 cm³/mol. The summed E-state index contributed by atoms with van der Waals surface area (Å²) >= 11 is 0. The Hall–Kier alpha value is -3.76. The number of hydrogen-bond donors (Lipinski definition) is 1. The number of carbonyl (C=O) groups excluding carboxylic acids is 1. The number of amides is 1. The third-order valence-electron chi connectivity index (χ3n) is 4.53. The Morgan fingerprint density at radius 1 is 1.26 bits per heavy atom. The second-order valence-corrected chi connectivity index (χ2v) is 6.83. The summed E-state index contributed by atoms with van der Waals surface area (Å²) < 4.78 is 7.07. The van der Waals surface area contributed by atoms with E-state index in [9.17, 15) is 10.1 Å². The van der Waals surface area contributed by atoms with Gasteiger partial charge in [-0.1, -0.05) is 30.3 Å². The van der Waals surface area contributed by atoms with E-state index in [4.69, 9.17) is 9.84 Å². The summed E-state index contributed by atoms with van der Waals surface area (Å²) in [5, 5.41) is 17.0. The highest BCUT2D eigenvalue weighted by Crippen LogP contribution is 2.24. The minimum atomic E-state index is -0.410. The Bertz CT molecular complexity index is 1050. The van der Waals surface area contributed by atoms with Gasteiger partial charge >= 0.3 is 0 Å². The molecule has 1 aromatic carbocycles. The summed E-state index contributed by atoms with van der Waals surface area (Å²) in [5.74, 6) is -0.410. The number of pyridine rings is 1. The molecule has 7 heteroatoms. The number of carbonyl (C=O) groups is 1. The van der Waals surface area contributed by atoms with Gasteiger partial charge in [0.15, 0.2) is 0 Å². The molecule has 0 aliphatic heterocycles. The fourth-order valence-corrected chi connectivity index (χ4v) is 3.04. The molecule has 0 saturated carbocycles. The average Bonchev–Trinajstić information content (AvgIpc) is 3.20. The normalized spacial score (nSPS) is 11.2. The van der Waals surface area contributed by atoms with E-state index in [0.717, 1.165) is 11.1 Å². The van der Waals surface area contributed by atoms with Crippen LogP contribution in [-0.4, -0.2) is 40.4 Å². The molecule has 0 aliphatic carbocycles. The summed E-state index contributed by atoms with van der Waals surface area (Å²) in [6, 6.07) is 15.7. The zero-order valence-electron chi connectivity index (χ0n) is 17.5. The van der Waals surface area contributed by atoms with Gasteiger partial charge in [-0.15, -0.1) is 0 Å². The first kappa shape index (κ1) is 21.9. The minimum absolute atomic E-state index is 0.0285. The van der Waals surface area contributed by atoms with Crippen molar-refractivity contribution in [1.29, 1.82) is 5.26 Å². The SMILES string of the molecule is CCOCCCNC(=O)/C(C#N)=C/c1cn(Cc2ccccc2)nc1-c1cccnc1. The van der Waals surface area contributed by atoms with Crippen LogP contribution in [0.2, 0.25) is 0 Å². The van der Waals surface area contributed by atoms with E-state index in [-0.39, 0.29) is 5.57 Å². The molecule has 0 fully saturated rings. The summed E-state index contributed by atoms with van der Waals surface area (Å²) in [5.41, 5.74) is 3.30. The van der Waals surface area contributed by atoms with Crippen molar-refractivity contribution in [2.24, 2.45) is 0 Å². The van der Waals surface area contributed by atoms with Crippen molar-refractivity contribution >= 4 is 12.0 Å². The highest BCUT2D eigenvalue weighted by atomic mass is 16.5. The van der Waals surface area contributed by atoms with Gasteiger partial charge in [0.25, 0.3) is 5.91 Å². The Morgan fingerprint density at radius 2 is 2.10 bits per heavy atom. The highest BCUT2D eigenvalue weighted by molar-refractivity contribution is 6.02. The van der Waals surface area contributed by atoms with Gasteiger partial charge in [-0.25, -0.2) is 0 Å². The van der Waals surface area contributed by atoms with Crippen LogP contribution in [0.1, 0.15) is 24.5 Å². The van der Waals surface area contributed by atoms with Crippen LogP contribution >= 0.6 is 0 Å². The first-order chi connectivity index (χ1) is 15.2. The fraction of sp³-hybridized carbons (Fsp3) is 0.250. The van der Waals surface area contributed by atoms with Crippen LogP contribution in [0.25, 0.3) is 17.3 Å². The summed E-state index contributed by atoms with van der Waals surface area (Å²) in [6.07, 6.45) is 7.51. The maximum atomic E-state index is 12.5. The number of benzene rings is 1. The Kier molecular flexibility index (Phi) is 8.09. The Morgan fingerprint density at radius 3 is 2.81 bits per heavy atom. The van der Waals surface area contributed by atoms with Crippen LogP contribution in [0.3, 0.4) is 0 Å². The first-order valence-corrected chi connectivity index (χ1v) is 10.2. The predicted octanol–water partition coefficient (Wildman–Crippen LogP) is 3.44. The third kappa shape index (κ3) is 6.36. The van der Waals surface area contributed by atoms with Gasteiger partial charge in [-0.3, -0.25) is 14.5 Å². The lowest BCUT2D eigenvalue weighted by Gasteiger charge is -2.04. The van der Waals surface area contributed by atoms with Gasteiger partial charge in [0.05, 0.1) is 6.54 Å². The molecule has 2 aromatic heterocycles. The molecule has 158 valence electrons. The van der Waals surface area contributed by atoms with Gasteiger partial charge in [0, 0.05) is 49.5 Å². The largest absolute Gasteiger partial charge is 0.382 e. The van der Waals surface area contributed by atoms with E-state index in [1.165, 1.54) is 0 Å². The van der Waals surface area contributed by atoms with Gasteiger partial charge in [0.2, 0.25) is 0 Å². The summed E-state index contributed by atoms with van der Waals surface area (Å²) in [7, 11) is 0. The second kappa shape index (κ2) is 11.4. The minimum Gasteiger partial charge on any atom is -0.382 e. The lowest BCUT2D eigenvalue weighted by molar-refractivity contribution is -0.117. The van der Waals surface area contributed by atoms with Crippen LogP contribution in [-0.2, 0) is 16.1 Å². The average molecular weight is 415 g/mol. The van der Waals surface area contributed by atoms with E-state index < -0.39 is 5.91 Å². The highest BCUT2D eigenvalue weighted by Gasteiger charge is 2.14. The molecule has 1 amide bonds. The molecule has 3 aromatic rings. The molecule has 31 heavy (non-hydrogen) atoms. The van der Waals surface area contributed by atoms with Crippen molar-refractivity contribution in [3.05, 3.63) is 77.8 Å². The van der Waals surface area contributed by atoms with Crippen LogP contribution in [0.15, 0.2) is 66.6 Å². The number of nitriles is 1. The summed E-state index contributed by atoms with van der Waals surface area (Å²) in [6.45, 7) is 4.15. The third-order valence-corrected chi connectivity index (χ3v) is 4.53. The van der Waals surface area contributed by atoms with E-state index in [1.54, 1.807) is 23.2 Å². The quantitative estimate of drug-likeness (QED) is 0.311. The van der Waals surface area contributed by atoms with Crippen molar-refractivity contribution in [1.82, 2.24) is 20.1 Å². The van der Waals surface area contributed by atoms with Crippen molar-refractivity contribution < 1.29 is 9.53 Å². The number of nitrogens with one attached hydrogen (secondary N) is 1. The van der Waals surface area contributed by atoms with E-state index >= 15 is 0 Å². The number of nitrogens with zero attached hydrogens (tertiary/aromatic N) is 4. The molecular formula is C24H25N5O2. The molecule has 2 heterocycles. The van der Waals surface area contributed by atoms with E-state index in [2.05, 4.69) is 10.3 Å². The van der Waals surface area contributed by atoms with Crippen molar-refractivity contribution in [3.8, 4) is 17.3 Å². The number of hydrogen-bond acceptors (Lipinski definition) is 5. The fourth-order valence-electron chi connectivity index (χ4n) is 3.04. The smallest absolute Gasteiger partial charge is 0.261 e. The van der Waals surface area contributed by atoms with Gasteiger partial charge < -0.3 is 10.1 Å². The van der Waals surface area contributed by atoms with E-state index in [0.29, 0.717) is 44.0 Å². The molecule has 3 rings (SSSR count). The standard InChI is InChI=1S/C24H25N5O2/c1-2-31-13-7-12-27-24(30)21(15-25)14-22-18-29(17-19-8-4-3-5-9-19)28-23(22)20-10-6-11-26-16-20/h3-6,8-11,14,16,18H,2,7,12-13,17H2,1H3,(H,27,30)/b21-14+. The molecule has 1 N–H and O–H groups in total. The molecule has 0 atom stereocenters. The van der Waals surface area contributed by atoms with Crippen LogP contribution in [0.5, 0.6) is 0 Å². The Balaban J connectivity index is 1.85. The van der Waals surface area contributed by atoms with Crippen molar-refractivity contribution in [2.45, 2.75) is 19.9 Å². The zero-order valence-corrected chi connectivity index (χ0v) is 17.5. The van der Waals surface area contributed by atoms with Crippen LogP contribution in [0.4, 0.5) is 0 Å². The van der Waals surface area contributed by atoms with Crippen molar-refractivity contribution in [3.63, 3.8) is 0 Å². The number of aromatic nitrogens is 3. The maximum absolute atomic E-state index is 12.5. The maximum Gasteiger partial charge on any atom is 0.261 e. The van der Waals surface area contributed by atoms with E-state index in [1.807, 2.05) is 61.7 Å². The van der Waals surface area contributed by atoms with Gasteiger partial charge in [0.1, 0.15) is 17.3 Å². The molecule has 0 bridgehead atoms. The summed E-state index contributed by atoms with van der Waals surface area (Å²) in [4.78, 5) is 16.6. The monoisotopic (exact) mass is 415 g/mol. The lowest BCUT2D eigenvalue weighted by atomic mass is 10.1. The number of ether oxygens (including phenoxy) is 1. The van der Waals surface area contributed by atoms with Crippen LogP contribution < -0.4 is 5.32 Å². The molecule has 0 unspecified atom stereocenters. The topological polar surface area (TPSA) is 92.8 Å². The molecule has 0 saturated heterocycles. The molecule has 7 nitrogen and oxygen atoms in total. The second-order valence-electron chi connectivity index (χ2n) is 6.83. The van der Waals surface area contributed by atoms with Crippen LogP contribution in [0, 0.1) is 11.3 Å². The van der Waals surface area contributed by atoms with Crippen molar-refractivity contribution in [2.75, 3.05) is 19.8 Å². The first-order valence-electron chi connectivity index (χ1n) is 10.2. The number of rotatable bonds is 10. The van der Waals surface area contributed by atoms with Gasteiger partial charge in [-0.2, -0.15) is 10.4 Å². The zero-order chi connectivity index (χ0) is 21.9. The lowest BCUT2D eigenvalue weighted by Crippen LogP contribution is -2.26. The Labute approximate surface area is 182 Å². The van der Waals surface area contributed by atoms with Gasteiger partial charge in [-0.05, 0) is 37.1 Å².